The molecule has 0 aliphatic carbocycles. The van der Waals surface area contributed by atoms with Crippen molar-refractivity contribution in [2.24, 2.45) is 0 Å². The van der Waals surface area contributed by atoms with Crippen LogP contribution < -0.4 is 0 Å². The molecule has 1 aromatic rings. The van der Waals surface area contributed by atoms with Gasteiger partial charge in [-0.2, -0.15) is 0 Å². The van der Waals surface area contributed by atoms with E-state index < -0.39 is 29.0 Å². The van der Waals surface area contributed by atoms with Gasteiger partial charge in [0.2, 0.25) is 0 Å². The van der Waals surface area contributed by atoms with E-state index in [1.54, 1.807) is 6.92 Å². The van der Waals surface area contributed by atoms with E-state index in [1.807, 2.05) is 0 Å². The minimum absolute atomic E-state index is 0.212. The number of rotatable bonds is 5. The van der Waals surface area contributed by atoms with Crippen LogP contribution in [-0.2, 0) is 28.0 Å². The Labute approximate surface area is 112 Å². The number of hydrogen-bond donors (Lipinski definition) is 1. The maximum absolute atomic E-state index is 12.9. The Hall–Kier alpha value is -1.34. The van der Waals surface area contributed by atoms with Gasteiger partial charge in [0.1, 0.15) is 0 Å². The Kier molecular flexibility index (Phi) is 5.56. The molecule has 1 rings (SSSR count). The van der Waals surface area contributed by atoms with Crippen molar-refractivity contribution in [2.45, 2.75) is 25.5 Å². The molecule has 0 fully saturated rings. The van der Waals surface area contributed by atoms with Crippen molar-refractivity contribution in [3.63, 3.8) is 0 Å². The van der Waals surface area contributed by atoms with Crippen LogP contribution >= 0.6 is 0 Å². The summed E-state index contributed by atoms with van der Waals surface area (Å²) in [5.74, 6) is -1.10. The molecule has 0 heterocycles. The zero-order valence-corrected chi connectivity index (χ0v) is 11.3. The van der Waals surface area contributed by atoms with E-state index in [0.717, 1.165) is 7.11 Å². The Bertz CT molecular complexity index is 503. The molecule has 19 heavy (non-hydrogen) atoms. The largest absolute Gasteiger partial charge is 0.465 e. The first kappa shape index (κ1) is 15.7. The molecule has 0 radical (unpaired) electrons. The van der Waals surface area contributed by atoms with Crippen molar-refractivity contribution in [2.75, 3.05) is 7.11 Å². The summed E-state index contributed by atoms with van der Waals surface area (Å²) in [4.78, 5) is 11.5. The predicted octanol–water partition coefficient (Wildman–Crippen LogP) is 2.69. The number of esters is 1. The fourth-order valence-electron chi connectivity index (χ4n) is 1.77. The highest BCUT2D eigenvalue weighted by Crippen LogP contribution is 2.28. The number of aryl methyl sites for hydroxylation is 1. The number of alkyl halides is 2. The highest BCUT2D eigenvalue weighted by Gasteiger charge is 2.21. The van der Waals surface area contributed by atoms with Gasteiger partial charge >= 0.3 is 5.97 Å². The van der Waals surface area contributed by atoms with Gasteiger partial charge in [-0.1, -0.05) is 6.92 Å². The summed E-state index contributed by atoms with van der Waals surface area (Å²) in [6, 6.07) is 2.40. The van der Waals surface area contributed by atoms with Gasteiger partial charge in [0.05, 0.1) is 18.4 Å². The second kappa shape index (κ2) is 6.72. The molecular weight excluding hydrogens is 278 g/mol. The lowest BCUT2D eigenvalue weighted by molar-refractivity contribution is 0.0589. The Morgan fingerprint density at radius 3 is 2.47 bits per heavy atom. The summed E-state index contributed by atoms with van der Waals surface area (Å²) >= 11 is -2.11. The fraction of sp³-hybridized carbons (Fsp3) is 0.417. The van der Waals surface area contributed by atoms with E-state index in [4.69, 9.17) is 4.55 Å². The number of benzene rings is 1. The van der Waals surface area contributed by atoms with Gasteiger partial charge in [0.25, 0.3) is 6.43 Å². The van der Waals surface area contributed by atoms with Crippen LogP contribution in [0.1, 0.15) is 40.4 Å². The van der Waals surface area contributed by atoms with Crippen LogP contribution in [0.2, 0.25) is 0 Å². The summed E-state index contributed by atoms with van der Waals surface area (Å²) in [5.41, 5.74) is 0.227. The summed E-state index contributed by atoms with van der Waals surface area (Å²) in [6.45, 7) is 1.74. The zero-order chi connectivity index (χ0) is 14.6. The molecule has 7 heteroatoms. The number of halogens is 2. The molecule has 1 N–H and O–H groups in total. The third kappa shape index (κ3) is 3.81. The van der Waals surface area contributed by atoms with E-state index in [2.05, 4.69) is 4.74 Å². The van der Waals surface area contributed by atoms with Gasteiger partial charge in [-0.25, -0.2) is 17.8 Å². The maximum atomic E-state index is 12.9. The molecule has 1 unspecified atom stereocenters. The average Bonchev–Trinajstić information content (AvgIpc) is 2.36. The molecule has 0 saturated carbocycles. The average molecular weight is 292 g/mol. The summed E-state index contributed by atoms with van der Waals surface area (Å²) < 4.78 is 50.0. The van der Waals surface area contributed by atoms with E-state index in [0.29, 0.717) is 17.5 Å². The van der Waals surface area contributed by atoms with Gasteiger partial charge in [-0.3, -0.25) is 0 Å². The van der Waals surface area contributed by atoms with Gasteiger partial charge in [-0.05, 0) is 29.7 Å². The Morgan fingerprint density at radius 2 is 2.05 bits per heavy atom. The fourth-order valence-corrected chi connectivity index (χ4v) is 2.31. The van der Waals surface area contributed by atoms with Crippen LogP contribution in [0.25, 0.3) is 0 Å². The van der Waals surface area contributed by atoms with Crippen molar-refractivity contribution in [3.8, 4) is 0 Å². The van der Waals surface area contributed by atoms with E-state index in [-0.39, 0.29) is 11.3 Å². The lowest BCUT2D eigenvalue weighted by Gasteiger charge is -2.13. The van der Waals surface area contributed by atoms with E-state index >= 15 is 0 Å². The Balaban J connectivity index is 3.42. The SMILES string of the molecule is CCc1cc(C(F)F)c(C(=O)OC)cc1CS(=O)O. The number of ether oxygens (including phenoxy) is 1. The molecule has 0 bridgehead atoms. The predicted molar refractivity (Wildman–Crippen MR) is 66.6 cm³/mol. The van der Waals surface area contributed by atoms with Gasteiger partial charge in [0.15, 0.2) is 11.1 Å². The number of carbonyl (C=O) groups is 1. The molecule has 0 aromatic heterocycles. The molecule has 4 nitrogen and oxygen atoms in total. The van der Waals surface area contributed by atoms with Crippen molar-refractivity contribution in [1.82, 2.24) is 0 Å². The van der Waals surface area contributed by atoms with Gasteiger partial charge in [-0.15, -0.1) is 0 Å². The normalized spacial score (nSPS) is 12.5. The molecule has 0 aliphatic rings. The molecule has 1 atom stereocenters. The van der Waals surface area contributed by atoms with Crippen LogP contribution in [0, 0.1) is 0 Å². The molecule has 0 amide bonds. The summed E-state index contributed by atoms with van der Waals surface area (Å²) in [5, 5.41) is 0. The first-order chi connectivity index (χ1) is 8.90. The summed E-state index contributed by atoms with van der Waals surface area (Å²) in [7, 11) is 1.09. The minimum atomic E-state index is -2.81. The van der Waals surface area contributed by atoms with Crippen LogP contribution in [0.5, 0.6) is 0 Å². The lowest BCUT2D eigenvalue weighted by atomic mass is 9.97. The number of methoxy groups -OCH3 is 1. The van der Waals surface area contributed by atoms with Gasteiger partial charge in [0, 0.05) is 5.56 Å². The molecule has 0 aliphatic heterocycles. The lowest BCUT2D eigenvalue weighted by Crippen LogP contribution is -2.10. The van der Waals surface area contributed by atoms with Crippen molar-refractivity contribution in [3.05, 3.63) is 34.4 Å². The first-order valence-electron chi connectivity index (χ1n) is 5.50. The smallest absolute Gasteiger partial charge is 0.338 e. The van der Waals surface area contributed by atoms with Crippen LogP contribution in [0.4, 0.5) is 8.78 Å². The van der Waals surface area contributed by atoms with E-state index in [1.165, 1.54) is 12.1 Å². The van der Waals surface area contributed by atoms with E-state index in [9.17, 15) is 17.8 Å². The standard InChI is InChI=1S/C12H14F2O4S/c1-3-7-4-9(11(13)14)10(12(15)18-2)5-8(7)6-19(16)17/h4-5,11H,3,6H2,1-2H3,(H,16,17). The monoisotopic (exact) mass is 292 g/mol. The highest BCUT2D eigenvalue weighted by atomic mass is 32.2. The van der Waals surface area contributed by atoms with Crippen molar-refractivity contribution >= 4 is 17.0 Å². The molecule has 106 valence electrons. The van der Waals surface area contributed by atoms with Crippen LogP contribution in [0.15, 0.2) is 12.1 Å². The zero-order valence-electron chi connectivity index (χ0n) is 10.5. The third-order valence-corrected chi connectivity index (χ3v) is 3.23. The second-order valence-electron chi connectivity index (χ2n) is 3.82. The van der Waals surface area contributed by atoms with Crippen LogP contribution in [0.3, 0.4) is 0 Å². The number of carbonyl (C=O) groups excluding carboxylic acids is 1. The highest BCUT2D eigenvalue weighted by molar-refractivity contribution is 7.78. The third-order valence-electron chi connectivity index (χ3n) is 2.67. The quantitative estimate of drug-likeness (QED) is 0.669. The Morgan fingerprint density at radius 1 is 1.42 bits per heavy atom. The molecule has 1 aromatic carbocycles. The molecular formula is C12H14F2O4S. The minimum Gasteiger partial charge on any atom is -0.465 e. The van der Waals surface area contributed by atoms with Gasteiger partial charge < -0.3 is 9.29 Å². The number of hydrogen-bond acceptors (Lipinski definition) is 3. The topological polar surface area (TPSA) is 63.6 Å². The first-order valence-corrected chi connectivity index (χ1v) is 6.77. The van der Waals surface area contributed by atoms with Crippen molar-refractivity contribution in [1.29, 1.82) is 0 Å². The molecule has 0 saturated heterocycles. The maximum Gasteiger partial charge on any atom is 0.338 e. The van der Waals surface area contributed by atoms with Crippen molar-refractivity contribution < 1.29 is 27.1 Å². The second-order valence-corrected chi connectivity index (χ2v) is 4.75. The van der Waals surface area contributed by atoms with Crippen LogP contribution in [-0.4, -0.2) is 21.8 Å². The summed E-state index contributed by atoms with van der Waals surface area (Å²) in [6.07, 6.45) is -2.39. The molecule has 0 spiro atoms.